The Morgan fingerprint density at radius 1 is 1.28 bits per heavy atom. The number of aromatic carboxylic acids is 1. The standard InChI is InChI=1S/C11H7F3N2O2/c1-5-7-3-2-6(11(12,13)14)4-8(7)16-9(15-5)10(17)18/h2-4H,1H3,(H,17,18). The number of carboxylic acids is 1. The molecule has 94 valence electrons. The molecule has 0 unspecified atom stereocenters. The molecular formula is C11H7F3N2O2. The van der Waals surface area contributed by atoms with Gasteiger partial charge in [-0.15, -0.1) is 0 Å². The molecular weight excluding hydrogens is 249 g/mol. The largest absolute Gasteiger partial charge is 0.475 e. The van der Waals surface area contributed by atoms with E-state index in [4.69, 9.17) is 5.11 Å². The van der Waals surface area contributed by atoms with Crippen molar-refractivity contribution >= 4 is 16.9 Å². The molecule has 1 heterocycles. The number of hydrogen-bond acceptors (Lipinski definition) is 3. The van der Waals surface area contributed by atoms with Gasteiger partial charge in [-0.2, -0.15) is 13.2 Å². The second-order valence-electron chi connectivity index (χ2n) is 3.67. The molecule has 1 aromatic heterocycles. The maximum absolute atomic E-state index is 12.5. The lowest BCUT2D eigenvalue weighted by Gasteiger charge is -2.08. The summed E-state index contributed by atoms with van der Waals surface area (Å²) in [5, 5.41) is 9.15. The molecule has 0 aliphatic rings. The summed E-state index contributed by atoms with van der Waals surface area (Å²) in [5.41, 5.74) is -0.578. The van der Waals surface area contributed by atoms with Gasteiger partial charge in [0.15, 0.2) is 0 Å². The second kappa shape index (κ2) is 3.94. The normalized spacial score (nSPS) is 11.8. The van der Waals surface area contributed by atoms with Gasteiger partial charge in [0.2, 0.25) is 5.82 Å². The Kier molecular flexibility index (Phi) is 2.68. The lowest BCUT2D eigenvalue weighted by molar-refractivity contribution is -0.137. The minimum atomic E-state index is -4.49. The van der Waals surface area contributed by atoms with Crippen molar-refractivity contribution < 1.29 is 23.1 Å². The molecule has 0 fully saturated rings. The highest BCUT2D eigenvalue weighted by molar-refractivity contribution is 5.88. The third kappa shape index (κ3) is 2.11. The van der Waals surface area contributed by atoms with Gasteiger partial charge in [-0.05, 0) is 19.1 Å². The summed E-state index contributed by atoms with van der Waals surface area (Å²) in [6.45, 7) is 1.52. The van der Waals surface area contributed by atoms with Gasteiger partial charge in [-0.25, -0.2) is 14.8 Å². The van der Waals surface area contributed by atoms with E-state index in [9.17, 15) is 18.0 Å². The minimum absolute atomic E-state index is 0.0327. The summed E-state index contributed by atoms with van der Waals surface area (Å²) in [4.78, 5) is 18.0. The third-order valence-electron chi connectivity index (χ3n) is 2.41. The quantitative estimate of drug-likeness (QED) is 0.851. The van der Waals surface area contributed by atoms with Crippen LogP contribution >= 0.6 is 0 Å². The Morgan fingerprint density at radius 2 is 1.94 bits per heavy atom. The molecule has 0 amide bonds. The van der Waals surface area contributed by atoms with Crippen LogP contribution in [0.1, 0.15) is 21.9 Å². The number of carbonyl (C=O) groups is 1. The monoisotopic (exact) mass is 256 g/mol. The van der Waals surface area contributed by atoms with E-state index >= 15 is 0 Å². The van der Waals surface area contributed by atoms with Crippen LogP contribution in [0.5, 0.6) is 0 Å². The zero-order chi connectivity index (χ0) is 13.5. The molecule has 0 spiro atoms. The number of benzene rings is 1. The second-order valence-corrected chi connectivity index (χ2v) is 3.67. The minimum Gasteiger partial charge on any atom is -0.475 e. The molecule has 2 aromatic rings. The molecule has 0 bridgehead atoms. The fourth-order valence-corrected chi connectivity index (χ4v) is 1.56. The lowest BCUT2D eigenvalue weighted by atomic mass is 10.1. The molecule has 0 atom stereocenters. The van der Waals surface area contributed by atoms with Gasteiger partial charge in [0.1, 0.15) is 0 Å². The fourth-order valence-electron chi connectivity index (χ4n) is 1.56. The van der Waals surface area contributed by atoms with E-state index in [0.29, 0.717) is 11.1 Å². The first-order valence-electron chi connectivity index (χ1n) is 4.88. The van der Waals surface area contributed by atoms with E-state index in [0.717, 1.165) is 12.1 Å². The highest BCUT2D eigenvalue weighted by atomic mass is 19.4. The first kappa shape index (κ1) is 12.3. The average Bonchev–Trinajstić information content (AvgIpc) is 2.26. The summed E-state index contributed by atoms with van der Waals surface area (Å²) in [6.07, 6.45) is -4.49. The van der Waals surface area contributed by atoms with Crippen LogP contribution in [0.3, 0.4) is 0 Å². The summed E-state index contributed by atoms with van der Waals surface area (Å²) in [7, 11) is 0. The number of fused-ring (bicyclic) bond motifs is 1. The number of nitrogens with zero attached hydrogens (tertiary/aromatic N) is 2. The van der Waals surface area contributed by atoms with Gasteiger partial charge in [-0.1, -0.05) is 6.07 Å². The van der Waals surface area contributed by atoms with Crippen molar-refractivity contribution in [1.29, 1.82) is 0 Å². The number of hydrogen-bond donors (Lipinski definition) is 1. The lowest BCUT2D eigenvalue weighted by Crippen LogP contribution is -2.08. The van der Waals surface area contributed by atoms with E-state index < -0.39 is 23.5 Å². The molecule has 1 aromatic carbocycles. The number of aryl methyl sites for hydroxylation is 1. The first-order chi connectivity index (χ1) is 8.29. The Morgan fingerprint density at radius 3 is 2.50 bits per heavy atom. The SMILES string of the molecule is Cc1nc(C(=O)O)nc2cc(C(F)(F)F)ccc12. The van der Waals surface area contributed by atoms with E-state index in [1.165, 1.54) is 13.0 Å². The van der Waals surface area contributed by atoms with Crippen LogP contribution in [0.15, 0.2) is 18.2 Å². The van der Waals surface area contributed by atoms with Crippen LogP contribution in [-0.2, 0) is 6.18 Å². The van der Waals surface area contributed by atoms with Gasteiger partial charge in [-0.3, -0.25) is 0 Å². The predicted octanol–water partition coefficient (Wildman–Crippen LogP) is 2.66. The first-order valence-corrected chi connectivity index (χ1v) is 4.88. The van der Waals surface area contributed by atoms with Crippen molar-refractivity contribution in [2.24, 2.45) is 0 Å². The number of carboxylic acid groups (broad SMARTS) is 1. The van der Waals surface area contributed by atoms with Crippen molar-refractivity contribution in [2.45, 2.75) is 13.1 Å². The third-order valence-corrected chi connectivity index (χ3v) is 2.41. The Labute approximate surface area is 99.1 Å². The number of rotatable bonds is 1. The van der Waals surface area contributed by atoms with Crippen molar-refractivity contribution in [3.63, 3.8) is 0 Å². The van der Waals surface area contributed by atoms with Crippen LogP contribution < -0.4 is 0 Å². The van der Waals surface area contributed by atoms with E-state index in [-0.39, 0.29) is 5.52 Å². The summed E-state index contributed by atoms with van der Waals surface area (Å²) < 4.78 is 37.5. The van der Waals surface area contributed by atoms with Crippen molar-refractivity contribution in [3.05, 3.63) is 35.3 Å². The smallest absolute Gasteiger partial charge is 0.416 e. The zero-order valence-electron chi connectivity index (χ0n) is 9.12. The van der Waals surface area contributed by atoms with Gasteiger partial charge in [0, 0.05) is 11.1 Å². The van der Waals surface area contributed by atoms with Gasteiger partial charge >= 0.3 is 12.1 Å². The summed E-state index contributed by atoms with van der Waals surface area (Å²) >= 11 is 0. The highest BCUT2D eigenvalue weighted by Crippen LogP contribution is 2.31. The maximum atomic E-state index is 12.5. The number of aromatic nitrogens is 2. The molecule has 1 N–H and O–H groups in total. The van der Waals surface area contributed by atoms with Crippen molar-refractivity contribution in [3.8, 4) is 0 Å². The van der Waals surface area contributed by atoms with Crippen LogP contribution in [0.2, 0.25) is 0 Å². The van der Waals surface area contributed by atoms with Gasteiger partial charge in [0.25, 0.3) is 0 Å². The average molecular weight is 256 g/mol. The van der Waals surface area contributed by atoms with Crippen LogP contribution in [0.25, 0.3) is 10.9 Å². The molecule has 7 heteroatoms. The molecule has 0 radical (unpaired) electrons. The summed E-state index contributed by atoms with van der Waals surface area (Å²) in [5.74, 6) is -1.89. The molecule has 18 heavy (non-hydrogen) atoms. The van der Waals surface area contributed by atoms with Crippen molar-refractivity contribution in [2.75, 3.05) is 0 Å². The molecule has 0 saturated carbocycles. The number of halogens is 3. The topological polar surface area (TPSA) is 63.1 Å². The fraction of sp³-hybridized carbons (Fsp3) is 0.182. The van der Waals surface area contributed by atoms with Crippen LogP contribution in [-0.4, -0.2) is 21.0 Å². The van der Waals surface area contributed by atoms with Crippen LogP contribution in [0, 0.1) is 6.92 Å². The van der Waals surface area contributed by atoms with E-state index in [2.05, 4.69) is 9.97 Å². The van der Waals surface area contributed by atoms with Gasteiger partial charge < -0.3 is 5.11 Å². The summed E-state index contributed by atoms with van der Waals surface area (Å²) in [6, 6.07) is 2.97. The van der Waals surface area contributed by atoms with Crippen LogP contribution in [0.4, 0.5) is 13.2 Å². The Hall–Kier alpha value is -2.18. The zero-order valence-corrected chi connectivity index (χ0v) is 9.12. The Balaban J connectivity index is 2.72. The maximum Gasteiger partial charge on any atom is 0.416 e. The van der Waals surface area contributed by atoms with Gasteiger partial charge in [0.05, 0.1) is 11.1 Å². The van der Waals surface area contributed by atoms with E-state index in [1.54, 1.807) is 0 Å². The van der Waals surface area contributed by atoms with E-state index in [1.807, 2.05) is 0 Å². The molecule has 2 rings (SSSR count). The number of alkyl halides is 3. The molecule has 4 nitrogen and oxygen atoms in total. The molecule has 0 aliphatic carbocycles. The molecule has 0 saturated heterocycles. The predicted molar refractivity (Wildman–Crippen MR) is 56.2 cm³/mol. The van der Waals surface area contributed by atoms with Crippen molar-refractivity contribution in [1.82, 2.24) is 9.97 Å². The Bertz CT molecular complexity index is 638. The molecule has 0 aliphatic heterocycles. The highest BCUT2D eigenvalue weighted by Gasteiger charge is 2.30.